The summed E-state index contributed by atoms with van der Waals surface area (Å²) in [4.78, 5) is 15.4. The van der Waals surface area contributed by atoms with Gasteiger partial charge in [0, 0.05) is 53.3 Å². The Morgan fingerprint density at radius 1 is 0.293 bits per heavy atom. The molecule has 1 spiro atoms. The normalized spacial score (nSPS) is 12.9. The highest BCUT2D eigenvalue weighted by Gasteiger charge is 2.51. The molecule has 348 valence electrons. The summed E-state index contributed by atoms with van der Waals surface area (Å²) in [5.41, 5.74) is 21.3. The molecule has 11 aromatic carbocycles. The van der Waals surface area contributed by atoms with Crippen molar-refractivity contribution in [1.29, 1.82) is 0 Å². The van der Waals surface area contributed by atoms with E-state index in [1.54, 1.807) is 0 Å². The Morgan fingerprint density at radius 2 is 0.733 bits per heavy atom. The molecular weight excluding hydrogens is 929 g/mol. The van der Waals surface area contributed by atoms with Crippen molar-refractivity contribution in [2.24, 2.45) is 0 Å². The third kappa shape index (κ3) is 6.19. The lowest BCUT2D eigenvalue weighted by Gasteiger charge is -2.30. The summed E-state index contributed by atoms with van der Waals surface area (Å²) in [5, 5.41) is 4.76. The highest BCUT2D eigenvalue weighted by atomic mass is 32.1. The fraction of sp³-hybridized carbons (Fsp3) is 0.0143. The number of aromatic nitrogens is 4. The summed E-state index contributed by atoms with van der Waals surface area (Å²) in [6.07, 6.45) is 0. The van der Waals surface area contributed by atoms with Crippen LogP contribution >= 0.6 is 11.3 Å². The summed E-state index contributed by atoms with van der Waals surface area (Å²) in [7, 11) is 0. The van der Waals surface area contributed by atoms with Crippen molar-refractivity contribution in [2.75, 3.05) is 0 Å². The molecule has 4 nitrogen and oxygen atoms in total. The van der Waals surface area contributed by atoms with E-state index in [0.717, 1.165) is 38.9 Å². The Bertz CT molecular complexity index is 4530. The molecule has 2 aliphatic rings. The first-order valence-corrected chi connectivity index (χ1v) is 26.4. The van der Waals surface area contributed by atoms with Gasteiger partial charge in [0.15, 0.2) is 17.5 Å². The second kappa shape index (κ2) is 16.2. The number of rotatable bonds is 6. The largest absolute Gasteiger partial charge is 0.309 e. The van der Waals surface area contributed by atoms with Gasteiger partial charge in [-0.3, -0.25) is 0 Å². The van der Waals surface area contributed by atoms with Gasteiger partial charge in [-0.25, -0.2) is 15.0 Å². The number of thiophene rings is 1. The lowest BCUT2D eigenvalue weighted by Crippen LogP contribution is -2.25. The van der Waals surface area contributed by atoms with Gasteiger partial charge in [0.25, 0.3) is 0 Å². The van der Waals surface area contributed by atoms with Gasteiger partial charge in [-0.1, -0.05) is 194 Å². The third-order valence-corrected chi connectivity index (χ3v) is 17.0. The van der Waals surface area contributed by atoms with Crippen LogP contribution in [0.4, 0.5) is 0 Å². The van der Waals surface area contributed by atoms with Crippen molar-refractivity contribution in [3.05, 3.63) is 277 Å². The fourth-order valence-electron chi connectivity index (χ4n) is 12.6. The van der Waals surface area contributed by atoms with Crippen LogP contribution in [-0.2, 0) is 5.41 Å². The van der Waals surface area contributed by atoms with Crippen molar-refractivity contribution in [1.82, 2.24) is 19.5 Å². The van der Waals surface area contributed by atoms with Crippen molar-refractivity contribution in [3.63, 3.8) is 0 Å². The highest BCUT2D eigenvalue weighted by Crippen LogP contribution is 2.63. The predicted octanol–water partition coefficient (Wildman–Crippen LogP) is 18.0. The van der Waals surface area contributed by atoms with Crippen LogP contribution in [-0.4, -0.2) is 19.5 Å². The number of nitrogens with zero attached hydrogens (tertiary/aromatic N) is 4. The average Bonchev–Trinajstić information content (AvgIpc) is 4.38. The van der Waals surface area contributed by atoms with Gasteiger partial charge in [-0.15, -0.1) is 11.3 Å². The fourth-order valence-corrected chi connectivity index (χ4v) is 13.7. The first-order valence-electron chi connectivity index (χ1n) is 25.6. The minimum absolute atomic E-state index is 0.408. The SMILES string of the molecule is c1ccc(-c2nc(-c3ccccc3)nc(-c3cccc4sc5ccc(-c6ccc7c(c6)c6cc(-c8ccc9c(c8)C8(c%10ccccc%10-c%10ccccc%108)c8ccccc8-9)ccc6n7-c6ccccc6)cc5c34)n2)cc1. The van der Waals surface area contributed by atoms with E-state index in [2.05, 4.69) is 223 Å². The van der Waals surface area contributed by atoms with E-state index in [9.17, 15) is 0 Å². The van der Waals surface area contributed by atoms with Crippen LogP contribution in [0, 0.1) is 0 Å². The third-order valence-electron chi connectivity index (χ3n) is 15.9. The first-order chi connectivity index (χ1) is 37.2. The van der Waals surface area contributed by atoms with E-state index in [0.29, 0.717) is 17.5 Å². The Labute approximate surface area is 437 Å². The Morgan fingerprint density at radius 3 is 1.31 bits per heavy atom. The van der Waals surface area contributed by atoms with Crippen LogP contribution in [0.15, 0.2) is 255 Å². The quantitative estimate of drug-likeness (QED) is 0.167. The van der Waals surface area contributed by atoms with Crippen LogP contribution in [0.25, 0.3) is 126 Å². The molecule has 0 unspecified atom stereocenters. The lowest BCUT2D eigenvalue weighted by molar-refractivity contribution is 0.794. The van der Waals surface area contributed by atoms with E-state index < -0.39 is 5.41 Å². The second-order valence-corrected chi connectivity index (χ2v) is 20.9. The van der Waals surface area contributed by atoms with Gasteiger partial charge in [-0.2, -0.15) is 0 Å². The summed E-state index contributed by atoms with van der Waals surface area (Å²) >= 11 is 1.81. The lowest BCUT2D eigenvalue weighted by atomic mass is 9.70. The van der Waals surface area contributed by atoms with Crippen molar-refractivity contribution >= 4 is 53.3 Å². The van der Waals surface area contributed by atoms with Gasteiger partial charge in [0.1, 0.15) is 0 Å². The molecule has 0 aliphatic heterocycles. The number of hydrogen-bond acceptors (Lipinski definition) is 4. The van der Waals surface area contributed by atoms with Crippen LogP contribution in [0.2, 0.25) is 0 Å². The van der Waals surface area contributed by atoms with Crippen molar-refractivity contribution in [2.45, 2.75) is 5.41 Å². The molecule has 0 N–H and O–H groups in total. The maximum absolute atomic E-state index is 5.18. The average molecular weight is 971 g/mol. The van der Waals surface area contributed by atoms with Crippen molar-refractivity contribution < 1.29 is 0 Å². The monoisotopic (exact) mass is 970 g/mol. The number of para-hydroxylation sites is 1. The Hall–Kier alpha value is -9.55. The molecule has 14 aromatic rings. The maximum atomic E-state index is 5.18. The Kier molecular flexibility index (Phi) is 9.09. The molecule has 0 saturated carbocycles. The number of fused-ring (bicyclic) bond motifs is 16. The van der Waals surface area contributed by atoms with Crippen LogP contribution in [0.1, 0.15) is 22.3 Å². The van der Waals surface area contributed by atoms with Crippen LogP contribution in [0.5, 0.6) is 0 Å². The molecule has 0 saturated heterocycles. The summed E-state index contributed by atoms with van der Waals surface area (Å²) in [6.45, 7) is 0. The summed E-state index contributed by atoms with van der Waals surface area (Å²) in [6, 6.07) is 93.0. The number of hydrogen-bond donors (Lipinski definition) is 0. The van der Waals surface area contributed by atoms with E-state index in [4.69, 9.17) is 15.0 Å². The highest BCUT2D eigenvalue weighted by molar-refractivity contribution is 7.26. The molecule has 0 fully saturated rings. The minimum atomic E-state index is -0.408. The van der Waals surface area contributed by atoms with Gasteiger partial charge < -0.3 is 4.57 Å². The second-order valence-electron chi connectivity index (χ2n) is 19.8. The smallest absolute Gasteiger partial charge is 0.164 e. The van der Waals surface area contributed by atoms with E-state index in [1.165, 1.54) is 92.2 Å². The molecule has 3 aromatic heterocycles. The molecule has 2 aliphatic carbocycles. The Balaban J connectivity index is 0.866. The van der Waals surface area contributed by atoms with Gasteiger partial charge in [0.2, 0.25) is 0 Å². The molecular formula is C70H42N4S. The van der Waals surface area contributed by atoms with E-state index >= 15 is 0 Å². The molecule has 0 amide bonds. The summed E-state index contributed by atoms with van der Waals surface area (Å²) < 4.78 is 4.83. The molecule has 75 heavy (non-hydrogen) atoms. The van der Waals surface area contributed by atoms with Crippen molar-refractivity contribution in [3.8, 4) is 84.4 Å². The van der Waals surface area contributed by atoms with Crippen LogP contribution < -0.4 is 0 Å². The molecule has 0 radical (unpaired) electrons. The zero-order chi connectivity index (χ0) is 49.2. The topological polar surface area (TPSA) is 43.6 Å². The summed E-state index contributed by atoms with van der Waals surface area (Å²) in [5.74, 6) is 1.96. The molecule has 16 rings (SSSR count). The van der Waals surface area contributed by atoms with Gasteiger partial charge in [0.05, 0.1) is 16.4 Å². The maximum Gasteiger partial charge on any atom is 0.164 e. The number of benzene rings is 11. The molecule has 3 heterocycles. The molecule has 0 bridgehead atoms. The minimum Gasteiger partial charge on any atom is -0.309 e. The van der Waals surface area contributed by atoms with Crippen LogP contribution in [0.3, 0.4) is 0 Å². The van der Waals surface area contributed by atoms with Gasteiger partial charge >= 0.3 is 0 Å². The molecule has 0 atom stereocenters. The molecule has 5 heteroatoms. The first kappa shape index (κ1) is 42.0. The van der Waals surface area contributed by atoms with E-state index in [1.807, 2.05) is 47.7 Å². The zero-order valence-electron chi connectivity index (χ0n) is 40.4. The predicted molar refractivity (Wildman–Crippen MR) is 311 cm³/mol. The van der Waals surface area contributed by atoms with Gasteiger partial charge in [-0.05, 0) is 127 Å². The zero-order valence-corrected chi connectivity index (χ0v) is 41.3. The standard InChI is InChI=1S/C70H42N4S/c1-4-17-43(18-5-1)67-71-68(44-19-6-2-7-20-44)73-69(72-67)54-26-16-30-65-66(54)57-41-47(34-38-64(57)75-65)45-32-36-62-55(39-45)56-40-46(33-37-63(56)74(62)49-21-8-3-9-22-49)48-31-35-53-52-25-12-15-29-60(52)70(61(53)42-48)58-27-13-10-23-50(58)51-24-11-14-28-59(51)70/h1-42H. The van der Waals surface area contributed by atoms with E-state index in [-0.39, 0.29) is 0 Å².